The van der Waals surface area contributed by atoms with Gasteiger partial charge in [0.25, 0.3) is 5.91 Å². The summed E-state index contributed by atoms with van der Waals surface area (Å²) in [5, 5.41) is 13.6. The van der Waals surface area contributed by atoms with E-state index in [1.807, 2.05) is 31.2 Å². The van der Waals surface area contributed by atoms with Gasteiger partial charge in [0.1, 0.15) is 0 Å². The number of aromatic nitrogens is 2. The highest BCUT2D eigenvalue weighted by molar-refractivity contribution is 8.01. The Bertz CT molecular complexity index is 1210. The highest BCUT2D eigenvalue weighted by Gasteiger charge is 2.18. The van der Waals surface area contributed by atoms with Gasteiger partial charge in [-0.15, -0.1) is 10.2 Å². The van der Waals surface area contributed by atoms with Crippen LogP contribution in [0.25, 0.3) is 0 Å². The number of nitrogens with one attached hydrogen (secondary N) is 2. The minimum Gasteiger partial charge on any atom is -0.325 e. The Hall–Kier alpha value is -2.80. The largest absolute Gasteiger partial charge is 0.325 e. The van der Waals surface area contributed by atoms with Gasteiger partial charge in [0, 0.05) is 25.3 Å². The van der Waals surface area contributed by atoms with Crippen LogP contribution < -0.4 is 10.6 Å². The molecule has 32 heavy (non-hydrogen) atoms. The minimum atomic E-state index is -3.56. The molecule has 2 aromatic carbocycles. The number of carbonyl (C=O) groups excluding carboxylic acids is 2. The molecule has 1 aromatic heterocycles. The number of hydrogen-bond acceptors (Lipinski definition) is 8. The van der Waals surface area contributed by atoms with E-state index >= 15 is 0 Å². The SMILES string of the molecule is Cc1ccc(NC(=O)CSc2nnc(NC(=O)c3ccc(S(=O)(=O)N(C)C)cc3)s2)cc1. The van der Waals surface area contributed by atoms with Crippen molar-refractivity contribution >= 4 is 55.8 Å². The molecule has 12 heteroatoms. The predicted octanol–water partition coefficient (Wildman–Crippen LogP) is 3.08. The van der Waals surface area contributed by atoms with Gasteiger partial charge in [0.15, 0.2) is 4.34 Å². The Kier molecular flexibility index (Phi) is 7.61. The number of thioether (sulfide) groups is 1. The first-order valence-electron chi connectivity index (χ1n) is 9.32. The third-order valence-electron chi connectivity index (χ3n) is 4.18. The molecule has 2 N–H and O–H groups in total. The van der Waals surface area contributed by atoms with Gasteiger partial charge in [0.2, 0.25) is 21.1 Å². The molecule has 0 aliphatic carbocycles. The number of anilines is 2. The van der Waals surface area contributed by atoms with Gasteiger partial charge in [0.05, 0.1) is 10.6 Å². The molecule has 9 nitrogen and oxygen atoms in total. The normalized spacial score (nSPS) is 11.4. The van der Waals surface area contributed by atoms with Gasteiger partial charge >= 0.3 is 0 Å². The molecule has 3 aromatic rings. The van der Waals surface area contributed by atoms with Crippen molar-refractivity contribution in [2.24, 2.45) is 0 Å². The van der Waals surface area contributed by atoms with E-state index < -0.39 is 15.9 Å². The van der Waals surface area contributed by atoms with E-state index in [-0.39, 0.29) is 27.3 Å². The lowest BCUT2D eigenvalue weighted by Crippen LogP contribution is -2.22. The highest BCUT2D eigenvalue weighted by atomic mass is 32.2. The van der Waals surface area contributed by atoms with Crippen molar-refractivity contribution in [2.45, 2.75) is 16.2 Å². The van der Waals surface area contributed by atoms with Crippen LogP contribution in [-0.2, 0) is 14.8 Å². The molecule has 0 aliphatic rings. The number of hydrogen-bond donors (Lipinski definition) is 2. The van der Waals surface area contributed by atoms with Crippen molar-refractivity contribution in [3.63, 3.8) is 0 Å². The van der Waals surface area contributed by atoms with Gasteiger partial charge in [-0.05, 0) is 43.3 Å². The number of nitrogens with zero attached hydrogens (tertiary/aromatic N) is 3. The van der Waals surface area contributed by atoms with Crippen LogP contribution >= 0.6 is 23.1 Å². The summed E-state index contributed by atoms with van der Waals surface area (Å²) in [4.78, 5) is 24.6. The monoisotopic (exact) mass is 491 g/mol. The van der Waals surface area contributed by atoms with Crippen molar-refractivity contribution in [2.75, 3.05) is 30.5 Å². The Morgan fingerprint density at radius 1 is 1.00 bits per heavy atom. The summed E-state index contributed by atoms with van der Waals surface area (Å²) in [6, 6.07) is 13.1. The number of carbonyl (C=O) groups is 2. The lowest BCUT2D eigenvalue weighted by Gasteiger charge is -2.11. The molecule has 0 atom stereocenters. The molecule has 168 valence electrons. The zero-order valence-corrected chi connectivity index (χ0v) is 20.0. The Balaban J connectivity index is 1.53. The van der Waals surface area contributed by atoms with Crippen LogP contribution in [0.4, 0.5) is 10.8 Å². The molecule has 3 rings (SSSR count). The molecule has 1 heterocycles. The Morgan fingerprint density at radius 3 is 2.28 bits per heavy atom. The van der Waals surface area contributed by atoms with Crippen molar-refractivity contribution in [3.05, 3.63) is 59.7 Å². The molecule has 0 fully saturated rings. The van der Waals surface area contributed by atoms with E-state index in [2.05, 4.69) is 20.8 Å². The lowest BCUT2D eigenvalue weighted by molar-refractivity contribution is -0.113. The molecule has 2 amide bonds. The third kappa shape index (κ3) is 6.13. The second-order valence-electron chi connectivity index (χ2n) is 6.84. The quantitative estimate of drug-likeness (QED) is 0.367. The molecular weight excluding hydrogens is 470 g/mol. The molecular formula is C20H21N5O4S3. The fourth-order valence-corrected chi connectivity index (χ4v) is 4.89. The average molecular weight is 492 g/mol. The smallest absolute Gasteiger partial charge is 0.257 e. The van der Waals surface area contributed by atoms with E-state index in [0.717, 1.165) is 26.9 Å². The summed E-state index contributed by atoms with van der Waals surface area (Å²) in [5.41, 5.74) is 2.11. The molecule has 0 saturated carbocycles. The van der Waals surface area contributed by atoms with Crippen LogP contribution in [0.2, 0.25) is 0 Å². The fraction of sp³-hybridized carbons (Fsp3) is 0.200. The van der Waals surface area contributed by atoms with Gasteiger partial charge in [-0.1, -0.05) is 40.8 Å². The number of rotatable bonds is 8. The maximum Gasteiger partial charge on any atom is 0.257 e. The standard InChI is InChI=1S/C20H21N5O4S3/c1-13-4-8-15(9-5-13)21-17(26)12-30-20-24-23-19(31-20)22-18(27)14-6-10-16(11-7-14)32(28,29)25(2)3/h4-11H,12H2,1-3H3,(H,21,26)(H,22,23,27). The van der Waals surface area contributed by atoms with Crippen LogP contribution in [-0.4, -0.2) is 54.6 Å². The number of sulfonamides is 1. The number of amides is 2. The van der Waals surface area contributed by atoms with Gasteiger partial charge < -0.3 is 5.32 Å². The molecule has 0 radical (unpaired) electrons. The second-order valence-corrected chi connectivity index (χ2v) is 11.2. The number of aryl methyl sites for hydroxylation is 1. The molecule has 0 bridgehead atoms. The summed E-state index contributed by atoms with van der Waals surface area (Å²) in [6.45, 7) is 1.97. The average Bonchev–Trinajstić information content (AvgIpc) is 3.21. The summed E-state index contributed by atoms with van der Waals surface area (Å²) >= 11 is 2.36. The fourth-order valence-electron chi connectivity index (χ4n) is 2.44. The molecule has 0 aliphatic heterocycles. The van der Waals surface area contributed by atoms with Crippen molar-refractivity contribution in [1.29, 1.82) is 0 Å². The van der Waals surface area contributed by atoms with E-state index in [9.17, 15) is 18.0 Å². The van der Waals surface area contributed by atoms with Gasteiger partial charge in [-0.25, -0.2) is 12.7 Å². The highest BCUT2D eigenvalue weighted by Crippen LogP contribution is 2.26. The molecule has 0 unspecified atom stereocenters. The first kappa shape index (κ1) is 23.9. The van der Waals surface area contributed by atoms with E-state index in [1.54, 1.807) is 0 Å². The van der Waals surface area contributed by atoms with Gasteiger partial charge in [-0.2, -0.15) is 0 Å². The summed E-state index contributed by atoms with van der Waals surface area (Å²) in [5.74, 6) is -0.464. The Labute approximate surface area is 194 Å². The topological polar surface area (TPSA) is 121 Å². The maximum absolute atomic E-state index is 12.4. The summed E-state index contributed by atoms with van der Waals surface area (Å²) in [7, 11) is -0.689. The maximum atomic E-state index is 12.4. The van der Waals surface area contributed by atoms with Crippen LogP contribution in [0.15, 0.2) is 57.8 Å². The summed E-state index contributed by atoms with van der Waals surface area (Å²) in [6.07, 6.45) is 0. The second kappa shape index (κ2) is 10.2. The van der Waals surface area contributed by atoms with Crippen molar-refractivity contribution < 1.29 is 18.0 Å². The minimum absolute atomic E-state index is 0.0950. The zero-order chi connectivity index (χ0) is 23.3. The zero-order valence-electron chi connectivity index (χ0n) is 17.5. The molecule has 0 saturated heterocycles. The Morgan fingerprint density at radius 2 is 1.66 bits per heavy atom. The van der Waals surface area contributed by atoms with Gasteiger partial charge in [-0.3, -0.25) is 14.9 Å². The summed E-state index contributed by atoms with van der Waals surface area (Å²) < 4.78 is 25.9. The van der Waals surface area contributed by atoms with E-state index in [4.69, 9.17) is 0 Å². The first-order valence-corrected chi connectivity index (χ1v) is 12.6. The van der Waals surface area contributed by atoms with E-state index in [1.165, 1.54) is 50.1 Å². The van der Waals surface area contributed by atoms with Crippen LogP contribution in [0, 0.1) is 6.92 Å². The first-order chi connectivity index (χ1) is 15.1. The van der Waals surface area contributed by atoms with Crippen LogP contribution in [0.3, 0.4) is 0 Å². The molecule has 0 spiro atoms. The lowest BCUT2D eigenvalue weighted by atomic mass is 10.2. The van der Waals surface area contributed by atoms with E-state index in [0.29, 0.717) is 4.34 Å². The number of benzene rings is 2. The van der Waals surface area contributed by atoms with Crippen LogP contribution in [0.1, 0.15) is 15.9 Å². The predicted molar refractivity (Wildman–Crippen MR) is 126 cm³/mol. The third-order valence-corrected chi connectivity index (χ3v) is 7.99. The van der Waals surface area contributed by atoms with Crippen molar-refractivity contribution in [3.8, 4) is 0 Å². The van der Waals surface area contributed by atoms with Crippen LogP contribution in [0.5, 0.6) is 0 Å². The van der Waals surface area contributed by atoms with Crippen molar-refractivity contribution in [1.82, 2.24) is 14.5 Å².